The Morgan fingerprint density at radius 2 is 1.76 bits per heavy atom. The van der Waals surface area contributed by atoms with Gasteiger partial charge in [0.2, 0.25) is 5.91 Å². The van der Waals surface area contributed by atoms with Crippen LogP contribution in [0.25, 0.3) is 0 Å². The maximum atomic E-state index is 13.6. The van der Waals surface area contributed by atoms with Crippen LogP contribution in [0.4, 0.5) is 17.6 Å². The number of piperidine rings is 1. The van der Waals surface area contributed by atoms with Gasteiger partial charge in [-0.2, -0.15) is 13.2 Å². The van der Waals surface area contributed by atoms with Crippen LogP contribution in [-0.4, -0.2) is 37.0 Å². The van der Waals surface area contributed by atoms with E-state index in [4.69, 9.17) is 4.74 Å². The Kier molecular flexibility index (Phi) is 9.80. The van der Waals surface area contributed by atoms with Crippen molar-refractivity contribution >= 4 is 5.91 Å². The highest BCUT2D eigenvalue weighted by Crippen LogP contribution is 2.34. The van der Waals surface area contributed by atoms with E-state index in [0.717, 1.165) is 48.6 Å². The van der Waals surface area contributed by atoms with Crippen LogP contribution in [0.3, 0.4) is 0 Å². The number of ether oxygens (including phenoxy) is 1. The zero-order chi connectivity index (χ0) is 29.5. The molecule has 2 aliphatic heterocycles. The molecule has 1 saturated heterocycles. The van der Waals surface area contributed by atoms with Gasteiger partial charge in [0.1, 0.15) is 11.6 Å². The molecule has 0 aliphatic carbocycles. The molecule has 2 atom stereocenters. The van der Waals surface area contributed by atoms with Gasteiger partial charge in [-0.15, -0.1) is 0 Å². The smallest absolute Gasteiger partial charge is 0.416 e. The third kappa shape index (κ3) is 8.10. The third-order valence-corrected chi connectivity index (χ3v) is 8.03. The lowest BCUT2D eigenvalue weighted by Gasteiger charge is -2.29. The van der Waals surface area contributed by atoms with Gasteiger partial charge in [-0.3, -0.25) is 9.69 Å². The highest BCUT2D eigenvalue weighted by Gasteiger charge is 2.30. The molecule has 42 heavy (non-hydrogen) atoms. The van der Waals surface area contributed by atoms with Crippen LogP contribution < -0.4 is 15.4 Å². The van der Waals surface area contributed by atoms with Crippen LogP contribution in [0.2, 0.25) is 0 Å². The van der Waals surface area contributed by atoms with Crippen LogP contribution in [0.5, 0.6) is 5.75 Å². The fraction of sp³-hybridized carbons (Fsp3) is 0.424. The minimum atomic E-state index is -4.41. The SMILES string of the molecule is O=C(CC(NCCc1cccc(C(F)(F)F)c1)c1ccc(F)cc1)NC1CCOc2cc(CN3CCCCC3)ccc21. The number of nitrogens with zero attached hydrogens (tertiary/aromatic N) is 1. The number of hydrogen-bond donors (Lipinski definition) is 2. The van der Waals surface area contributed by atoms with Gasteiger partial charge in [-0.25, -0.2) is 4.39 Å². The Morgan fingerprint density at radius 3 is 2.52 bits per heavy atom. The van der Waals surface area contributed by atoms with E-state index in [1.54, 1.807) is 18.2 Å². The highest BCUT2D eigenvalue weighted by molar-refractivity contribution is 5.77. The van der Waals surface area contributed by atoms with E-state index in [2.05, 4.69) is 27.7 Å². The number of nitrogens with one attached hydrogen (secondary N) is 2. The zero-order valence-corrected chi connectivity index (χ0v) is 23.6. The summed E-state index contributed by atoms with van der Waals surface area (Å²) in [6, 6.07) is 16.8. The summed E-state index contributed by atoms with van der Waals surface area (Å²) in [5.74, 6) is 0.242. The molecule has 0 saturated carbocycles. The zero-order valence-electron chi connectivity index (χ0n) is 23.6. The third-order valence-electron chi connectivity index (χ3n) is 8.03. The summed E-state index contributed by atoms with van der Waals surface area (Å²) in [5.41, 5.74) is 2.73. The molecule has 2 N–H and O–H groups in total. The Hall–Kier alpha value is -3.43. The Morgan fingerprint density at radius 1 is 0.976 bits per heavy atom. The normalized spacial score (nSPS) is 18.1. The highest BCUT2D eigenvalue weighted by atomic mass is 19.4. The van der Waals surface area contributed by atoms with Crippen LogP contribution in [0.15, 0.2) is 66.7 Å². The molecule has 0 spiro atoms. The molecule has 3 aromatic rings. The van der Waals surface area contributed by atoms with Gasteiger partial charge in [-0.05, 0) is 79.9 Å². The molecule has 224 valence electrons. The van der Waals surface area contributed by atoms with E-state index in [0.29, 0.717) is 31.6 Å². The first kappa shape index (κ1) is 30.0. The van der Waals surface area contributed by atoms with Crippen molar-refractivity contribution in [1.82, 2.24) is 15.5 Å². The lowest BCUT2D eigenvalue weighted by atomic mass is 9.97. The maximum absolute atomic E-state index is 13.6. The number of fused-ring (bicyclic) bond motifs is 1. The van der Waals surface area contributed by atoms with Crippen molar-refractivity contribution in [3.8, 4) is 5.75 Å². The lowest BCUT2D eigenvalue weighted by molar-refractivity contribution is -0.137. The largest absolute Gasteiger partial charge is 0.493 e. The van der Waals surface area contributed by atoms with Crippen molar-refractivity contribution in [2.75, 3.05) is 26.2 Å². The summed E-state index contributed by atoms with van der Waals surface area (Å²) in [6.45, 7) is 3.96. The average Bonchev–Trinajstić information content (AvgIpc) is 2.97. The number of alkyl halides is 3. The number of likely N-dealkylation sites (tertiary alicyclic amines) is 1. The van der Waals surface area contributed by atoms with Gasteiger partial charge in [-0.1, -0.05) is 48.9 Å². The predicted octanol–water partition coefficient (Wildman–Crippen LogP) is 6.73. The summed E-state index contributed by atoms with van der Waals surface area (Å²) < 4.78 is 58.9. The summed E-state index contributed by atoms with van der Waals surface area (Å²) in [6.07, 6.45) is 0.427. The van der Waals surface area contributed by atoms with Crippen molar-refractivity contribution in [1.29, 1.82) is 0 Å². The molecular weight excluding hydrogens is 546 g/mol. The van der Waals surface area contributed by atoms with Crippen molar-refractivity contribution in [2.45, 2.75) is 63.3 Å². The summed E-state index contributed by atoms with van der Waals surface area (Å²) in [5, 5.41) is 6.45. The quantitative estimate of drug-likeness (QED) is 0.260. The average molecular weight is 584 g/mol. The fourth-order valence-corrected chi connectivity index (χ4v) is 5.79. The fourth-order valence-electron chi connectivity index (χ4n) is 5.79. The van der Waals surface area contributed by atoms with E-state index in [1.165, 1.54) is 43.0 Å². The van der Waals surface area contributed by atoms with Crippen LogP contribution in [0.1, 0.15) is 72.0 Å². The molecule has 0 radical (unpaired) electrons. The minimum Gasteiger partial charge on any atom is -0.493 e. The van der Waals surface area contributed by atoms with Crippen molar-refractivity contribution in [3.63, 3.8) is 0 Å². The molecule has 3 aromatic carbocycles. The number of carbonyl (C=O) groups is 1. The van der Waals surface area contributed by atoms with Crippen LogP contribution in [0, 0.1) is 5.82 Å². The van der Waals surface area contributed by atoms with Crippen molar-refractivity contribution in [2.24, 2.45) is 0 Å². The molecule has 2 heterocycles. The molecule has 1 amide bonds. The lowest BCUT2D eigenvalue weighted by Crippen LogP contribution is -2.35. The van der Waals surface area contributed by atoms with Gasteiger partial charge >= 0.3 is 6.18 Å². The number of benzene rings is 3. The predicted molar refractivity (Wildman–Crippen MR) is 153 cm³/mol. The standard InChI is InChI=1S/C33H37F4N3O2/c34-27-10-8-25(9-11-27)30(38-15-13-23-5-4-6-26(19-23)33(35,36)37)21-32(41)39-29-14-18-42-31-20-24(7-12-28(29)31)22-40-16-2-1-3-17-40/h4-12,19-20,29-30,38H,1-3,13-18,21-22H2,(H,39,41). The summed E-state index contributed by atoms with van der Waals surface area (Å²) in [4.78, 5) is 15.8. The summed E-state index contributed by atoms with van der Waals surface area (Å²) >= 11 is 0. The van der Waals surface area contributed by atoms with Crippen molar-refractivity contribution < 1.29 is 27.1 Å². The first-order valence-electron chi connectivity index (χ1n) is 14.7. The molecule has 5 nitrogen and oxygen atoms in total. The number of rotatable bonds is 10. The molecular formula is C33H37F4N3O2. The summed E-state index contributed by atoms with van der Waals surface area (Å²) in [7, 11) is 0. The van der Waals surface area contributed by atoms with Crippen LogP contribution >= 0.6 is 0 Å². The second kappa shape index (κ2) is 13.7. The minimum absolute atomic E-state index is 0.0912. The first-order chi connectivity index (χ1) is 20.2. The van der Waals surface area contributed by atoms with Crippen molar-refractivity contribution in [3.05, 3.63) is 100 Å². The molecule has 0 bridgehead atoms. The first-order valence-corrected chi connectivity index (χ1v) is 14.7. The number of hydrogen-bond acceptors (Lipinski definition) is 4. The molecule has 2 unspecified atom stereocenters. The second-order valence-corrected chi connectivity index (χ2v) is 11.2. The van der Waals surface area contributed by atoms with Gasteiger partial charge in [0.15, 0.2) is 0 Å². The van der Waals surface area contributed by atoms with Gasteiger partial charge in [0.05, 0.1) is 18.2 Å². The second-order valence-electron chi connectivity index (χ2n) is 11.2. The van der Waals surface area contributed by atoms with Gasteiger partial charge < -0.3 is 15.4 Å². The molecule has 9 heteroatoms. The van der Waals surface area contributed by atoms with E-state index in [-0.39, 0.29) is 24.2 Å². The number of halogens is 4. The number of amides is 1. The molecule has 5 rings (SSSR count). The van der Waals surface area contributed by atoms with E-state index >= 15 is 0 Å². The Balaban J connectivity index is 1.22. The molecule has 0 aromatic heterocycles. The monoisotopic (exact) mass is 583 g/mol. The van der Waals surface area contributed by atoms with Gasteiger partial charge in [0.25, 0.3) is 0 Å². The van der Waals surface area contributed by atoms with Gasteiger partial charge in [0, 0.05) is 31.0 Å². The Bertz CT molecular complexity index is 1340. The Labute approximate surface area is 244 Å². The van der Waals surface area contributed by atoms with Crippen LogP contribution in [-0.2, 0) is 23.9 Å². The van der Waals surface area contributed by atoms with E-state index in [9.17, 15) is 22.4 Å². The number of carbonyl (C=O) groups excluding carboxylic acids is 1. The van der Waals surface area contributed by atoms with E-state index in [1.807, 2.05) is 6.07 Å². The molecule has 2 aliphatic rings. The maximum Gasteiger partial charge on any atom is 0.416 e. The van der Waals surface area contributed by atoms with E-state index < -0.39 is 17.8 Å². The molecule has 1 fully saturated rings. The topological polar surface area (TPSA) is 53.6 Å².